The van der Waals surface area contributed by atoms with E-state index in [1.807, 2.05) is 0 Å². The summed E-state index contributed by atoms with van der Waals surface area (Å²) in [6, 6.07) is 0. The molecule has 0 saturated heterocycles. The molecule has 0 radical (unpaired) electrons. The highest BCUT2D eigenvalue weighted by Crippen LogP contribution is 1.78. The van der Waals surface area contributed by atoms with E-state index in [0.29, 0.717) is 0 Å². The smallest absolute Gasteiger partial charge is 0.307 e. The van der Waals surface area contributed by atoms with Crippen LogP contribution in [0.25, 0.3) is 0 Å². The van der Waals surface area contributed by atoms with Gasteiger partial charge in [0.15, 0.2) is 0 Å². The molecule has 0 unspecified atom stereocenters. The molecule has 0 saturated carbocycles. The minimum atomic E-state index is -0.893. The Morgan fingerprint density at radius 1 is 1.64 bits per heavy atom. The largest absolute Gasteiger partial charge is 0.481 e. The Balaban J connectivity index is 3.85. The number of carboxylic acids is 1. The van der Waals surface area contributed by atoms with Gasteiger partial charge in [0.05, 0.1) is 6.42 Å². The summed E-state index contributed by atoms with van der Waals surface area (Å²) in [5.41, 5.74) is 2.55. The Labute approximate surface area is 65.2 Å². The molecule has 0 aromatic heterocycles. The second kappa shape index (κ2) is 6.23. The standard InChI is InChI=1S/C9H6O2/c1-2-3-4-5-6-7-8-9(10)11/h1,5,7H,8H2,(H,10,11). The van der Waals surface area contributed by atoms with E-state index in [1.54, 1.807) is 0 Å². The van der Waals surface area contributed by atoms with Gasteiger partial charge >= 0.3 is 5.97 Å². The highest BCUT2D eigenvalue weighted by Gasteiger charge is 1.85. The molecule has 0 rings (SSSR count). The van der Waals surface area contributed by atoms with E-state index in [9.17, 15) is 4.79 Å². The molecular weight excluding hydrogens is 140 g/mol. The number of terminal acetylenes is 1. The maximum atomic E-state index is 9.93. The van der Waals surface area contributed by atoms with Crippen molar-refractivity contribution in [3.05, 3.63) is 17.9 Å². The van der Waals surface area contributed by atoms with Crippen LogP contribution >= 0.6 is 0 Å². The highest BCUT2D eigenvalue weighted by atomic mass is 16.4. The molecule has 0 aliphatic carbocycles. The summed E-state index contributed by atoms with van der Waals surface area (Å²) < 4.78 is 0. The number of carboxylic acid groups (broad SMARTS) is 1. The second-order valence-corrected chi connectivity index (χ2v) is 1.53. The maximum Gasteiger partial charge on any atom is 0.307 e. The molecule has 1 N–H and O–H groups in total. The van der Waals surface area contributed by atoms with Crippen LogP contribution in [0.5, 0.6) is 0 Å². The first-order valence-electron chi connectivity index (χ1n) is 2.84. The highest BCUT2D eigenvalue weighted by molar-refractivity contribution is 5.68. The first-order valence-corrected chi connectivity index (χ1v) is 2.84. The predicted molar refractivity (Wildman–Crippen MR) is 41.5 cm³/mol. The van der Waals surface area contributed by atoms with Gasteiger partial charge < -0.3 is 5.11 Å². The molecule has 0 fully saturated rings. The average Bonchev–Trinajstić information content (AvgIpc) is 1.96. The first kappa shape index (κ1) is 9.11. The molecule has 0 spiro atoms. The van der Waals surface area contributed by atoms with Crippen molar-refractivity contribution in [1.82, 2.24) is 0 Å². The topological polar surface area (TPSA) is 37.3 Å². The number of aliphatic carboxylic acids is 1. The summed E-state index contributed by atoms with van der Waals surface area (Å²) in [5.74, 6) is 6.00. The SMILES string of the molecule is C#CC#CC=C=CCC(=O)O. The summed E-state index contributed by atoms with van der Waals surface area (Å²) >= 11 is 0. The number of hydrogen-bond donors (Lipinski definition) is 1. The quantitative estimate of drug-likeness (QED) is 0.462. The molecular formula is C9H6O2. The summed E-state index contributed by atoms with van der Waals surface area (Å²) in [6.07, 6.45) is 7.51. The Morgan fingerprint density at radius 2 is 2.36 bits per heavy atom. The third-order valence-corrected chi connectivity index (χ3v) is 0.694. The summed E-state index contributed by atoms with van der Waals surface area (Å²) in [6.45, 7) is 0. The van der Waals surface area contributed by atoms with Gasteiger partial charge in [-0.25, -0.2) is 0 Å². The minimum absolute atomic E-state index is 0.0474. The van der Waals surface area contributed by atoms with Gasteiger partial charge in [-0.15, -0.1) is 12.2 Å². The van der Waals surface area contributed by atoms with E-state index in [4.69, 9.17) is 11.5 Å². The van der Waals surface area contributed by atoms with Crippen molar-refractivity contribution < 1.29 is 9.90 Å². The van der Waals surface area contributed by atoms with Crippen LogP contribution in [0.4, 0.5) is 0 Å². The van der Waals surface area contributed by atoms with E-state index in [2.05, 4.69) is 23.5 Å². The van der Waals surface area contributed by atoms with Crippen LogP contribution in [0.15, 0.2) is 17.9 Å². The Kier molecular flexibility index (Phi) is 5.16. The number of rotatable bonds is 2. The van der Waals surface area contributed by atoms with Gasteiger partial charge in [0.25, 0.3) is 0 Å². The summed E-state index contributed by atoms with van der Waals surface area (Å²) in [7, 11) is 0. The molecule has 0 heterocycles. The average molecular weight is 146 g/mol. The van der Waals surface area contributed by atoms with Crippen molar-refractivity contribution in [2.45, 2.75) is 6.42 Å². The van der Waals surface area contributed by atoms with Crippen molar-refractivity contribution in [3.8, 4) is 24.2 Å². The van der Waals surface area contributed by atoms with Crippen molar-refractivity contribution in [1.29, 1.82) is 0 Å². The van der Waals surface area contributed by atoms with E-state index in [0.717, 1.165) is 0 Å². The summed E-state index contributed by atoms with van der Waals surface area (Å²) in [4.78, 5) is 9.93. The molecule has 0 aliphatic rings. The monoisotopic (exact) mass is 146 g/mol. The zero-order valence-electron chi connectivity index (χ0n) is 5.79. The van der Waals surface area contributed by atoms with Gasteiger partial charge in [0.2, 0.25) is 0 Å². The molecule has 0 atom stereocenters. The minimum Gasteiger partial charge on any atom is -0.481 e. The molecule has 2 nitrogen and oxygen atoms in total. The van der Waals surface area contributed by atoms with Gasteiger partial charge in [-0.2, -0.15) is 0 Å². The lowest BCUT2D eigenvalue weighted by Crippen LogP contribution is -1.88. The fraction of sp³-hybridized carbons (Fsp3) is 0.111. The number of hydrogen-bond acceptors (Lipinski definition) is 1. The van der Waals surface area contributed by atoms with Crippen LogP contribution in [0.3, 0.4) is 0 Å². The fourth-order valence-electron chi connectivity index (χ4n) is 0.325. The lowest BCUT2D eigenvalue weighted by molar-refractivity contribution is -0.135. The van der Waals surface area contributed by atoms with Crippen LogP contribution in [0.2, 0.25) is 0 Å². The van der Waals surface area contributed by atoms with Gasteiger partial charge in [0, 0.05) is 6.08 Å². The lowest BCUT2D eigenvalue weighted by Gasteiger charge is -1.75. The van der Waals surface area contributed by atoms with Crippen LogP contribution in [-0.4, -0.2) is 11.1 Å². The zero-order valence-corrected chi connectivity index (χ0v) is 5.79. The molecule has 0 aromatic carbocycles. The van der Waals surface area contributed by atoms with Crippen molar-refractivity contribution >= 4 is 5.97 Å². The van der Waals surface area contributed by atoms with E-state index in [-0.39, 0.29) is 6.42 Å². The van der Waals surface area contributed by atoms with Crippen molar-refractivity contribution in [3.63, 3.8) is 0 Å². The van der Waals surface area contributed by atoms with E-state index < -0.39 is 5.97 Å². The first-order chi connectivity index (χ1) is 5.27. The third kappa shape index (κ3) is 8.11. The third-order valence-electron chi connectivity index (χ3n) is 0.694. The Morgan fingerprint density at radius 3 is 2.91 bits per heavy atom. The molecule has 0 bridgehead atoms. The van der Waals surface area contributed by atoms with E-state index >= 15 is 0 Å². The maximum absolute atomic E-state index is 9.93. The van der Waals surface area contributed by atoms with Gasteiger partial charge in [-0.05, 0) is 17.9 Å². The van der Waals surface area contributed by atoms with Crippen LogP contribution in [0, 0.1) is 24.2 Å². The van der Waals surface area contributed by atoms with Crippen molar-refractivity contribution in [2.75, 3.05) is 0 Å². The Hall–Kier alpha value is -1.89. The van der Waals surface area contributed by atoms with Crippen LogP contribution in [0.1, 0.15) is 6.42 Å². The second-order valence-electron chi connectivity index (χ2n) is 1.53. The normalized spacial score (nSPS) is 6.09. The summed E-state index contributed by atoms with van der Waals surface area (Å²) in [5, 5.41) is 8.16. The van der Waals surface area contributed by atoms with Gasteiger partial charge in [-0.1, -0.05) is 5.92 Å². The fourth-order valence-corrected chi connectivity index (χ4v) is 0.325. The van der Waals surface area contributed by atoms with Crippen LogP contribution < -0.4 is 0 Å². The van der Waals surface area contributed by atoms with Crippen molar-refractivity contribution in [2.24, 2.45) is 0 Å². The number of carbonyl (C=O) groups is 1. The Bertz CT molecular complexity index is 288. The lowest BCUT2D eigenvalue weighted by atomic mass is 10.4. The van der Waals surface area contributed by atoms with Gasteiger partial charge in [0.1, 0.15) is 0 Å². The predicted octanol–water partition coefficient (Wildman–Crippen LogP) is 0.809. The molecule has 0 aromatic rings. The molecule has 2 heteroatoms. The van der Waals surface area contributed by atoms with Gasteiger partial charge in [-0.3, -0.25) is 4.79 Å². The van der Waals surface area contributed by atoms with Crippen LogP contribution in [-0.2, 0) is 4.79 Å². The molecule has 0 amide bonds. The molecule has 54 valence electrons. The van der Waals surface area contributed by atoms with E-state index in [1.165, 1.54) is 12.2 Å². The molecule has 0 aliphatic heterocycles. The molecule has 11 heavy (non-hydrogen) atoms. The zero-order chi connectivity index (χ0) is 8.53.